The van der Waals surface area contributed by atoms with Gasteiger partial charge in [0, 0.05) is 22.9 Å². The van der Waals surface area contributed by atoms with Crippen LogP contribution in [-0.4, -0.2) is 30.1 Å². The van der Waals surface area contributed by atoms with E-state index in [0.717, 1.165) is 43.4 Å². The zero-order valence-corrected chi connectivity index (χ0v) is 18.5. The first kappa shape index (κ1) is 20.9. The summed E-state index contributed by atoms with van der Waals surface area (Å²) in [6.07, 6.45) is 6.39. The van der Waals surface area contributed by atoms with Crippen molar-refractivity contribution in [2.45, 2.75) is 55.6 Å². The second-order valence-corrected chi connectivity index (χ2v) is 10.2. The van der Waals surface area contributed by atoms with Gasteiger partial charge < -0.3 is 5.32 Å². The molecule has 2 aliphatic rings. The zero-order valence-electron chi connectivity index (χ0n) is 17.7. The third-order valence-electron chi connectivity index (χ3n) is 6.07. The summed E-state index contributed by atoms with van der Waals surface area (Å²) in [4.78, 5) is 13.0. The Balaban J connectivity index is 1.28. The van der Waals surface area contributed by atoms with Crippen LogP contribution >= 0.6 is 0 Å². The molecule has 0 spiro atoms. The third-order valence-corrected chi connectivity index (χ3v) is 7.61. The maximum atomic E-state index is 12.9. The van der Waals surface area contributed by atoms with Crippen LogP contribution in [0.1, 0.15) is 58.9 Å². The highest BCUT2D eigenvalue weighted by Crippen LogP contribution is 2.30. The number of amides is 1. The van der Waals surface area contributed by atoms with Gasteiger partial charge in [0.05, 0.1) is 23.7 Å². The van der Waals surface area contributed by atoms with Crippen molar-refractivity contribution in [1.29, 1.82) is 0 Å². The molecule has 1 amide bonds. The summed E-state index contributed by atoms with van der Waals surface area (Å²) in [5.74, 6) is -0.210. The maximum absolute atomic E-state index is 12.9. The maximum Gasteiger partial charge on any atom is 0.251 e. The number of aromatic nitrogens is 2. The number of benzene rings is 2. The predicted octanol–water partition coefficient (Wildman–Crippen LogP) is 3.18. The molecule has 0 radical (unpaired) electrons. The van der Waals surface area contributed by atoms with Gasteiger partial charge in [-0.3, -0.25) is 9.48 Å². The van der Waals surface area contributed by atoms with Gasteiger partial charge in [0.15, 0.2) is 0 Å². The number of rotatable bonds is 7. The van der Waals surface area contributed by atoms with Crippen molar-refractivity contribution in [3.63, 3.8) is 0 Å². The Morgan fingerprint density at radius 1 is 1.03 bits per heavy atom. The lowest BCUT2D eigenvalue weighted by molar-refractivity contribution is 0.0932. The third kappa shape index (κ3) is 4.47. The molecule has 3 aromatic rings. The van der Waals surface area contributed by atoms with Gasteiger partial charge in [0.25, 0.3) is 5.91 Å². The number of carbonyl (C=O) groups excluding carboxylic acids is 1. The van der Waals surface area contributed by atoms with Crippen LogP contribution in [0.15, 0.2) is 65.7 Å². The van der Waals surface area contributed by atoms with Crippen LogP contribution in [0.2, 0.25) is 0 Å². The first-order chi connectivity index (χ1) is 15.5. The largest absolute Gasteiger partial charge is 0.345 e. The number of hydrogen-bond donors (Lipinski definition) is 2. The van der Waals surface area contributed by atoms with Gasteiger partial charge >= 0.3 is 0 Å². The molecule has 1 fully saturated rings. The average molecular weight is 451 g/mol. The lowest BCUT2D eigenvalue weighted by Gasteiger charge is -2.24. The van der Waals surface area contributed by atoms with Gasteiger partial charge in [-0.25, -0.2) is 13.1 Å². The fraction of sp³-hybridized carbons (Fsp3) is 0.333. The molecule has 2 aromatic carbocycles. The normalized spacial score (nSPS) is 18.2. The Morgan fingerprint density at radius 2 is 1.78 bits per heavy atom. The minimum atomic E-state index is -3.52. The molecule has 1 unspecified atom stereocenters. The molecule has 32 heavy (non-hydrogen) atoms. The highest BCUT2D eigenvalue weighted by Gasteiger charge is 2.29. The molecule has 2 N–H and O–H groups in total. The summed E-state index contributed by atoms with van der Waals surface area (Å²) in [5.41, 5.74) is 3.86. The Bertz CT molecular complexity index is 1220. The molecule has 166 valence electrons. The highest BCUT2D eigenvalue weighted by atomic mass is 32.2. The summed E-state index contributed by atoms with van der Waals surface area (Å²) in [6, 6.07) is 16.3. The van der Waals surface area contributed by atoms with E-state index in [9.17, 15) is 13.2 Å². The average Bonchev–Trinajstić information content (AvgIpc) is 3.51. The van der Waals surface area contributed by atoms with Crippen LogP contribution in [-0.2, 0) is 23.0 Å². The number of nitrogens with zero attached hydrogens (tertiary/aromatic N) is 2. The van der Waals surface area contributed by atoms with E-state index in [1.54, 1.807) is 12.1 Å². The second kappa shape index (κ2) is 8.52. The van der Waals surface area contributed by atoms with Crippen LogP contribution in [0.5, 0.6) is 0 Å². The predicted molar refractivity (Wildman–Crippen MR) is 121 cm³/mol. The quantitative estimate of drug-likeness (QED) is 0.578. The Morgan fingerprint density at radius 3 is 2.50 bits per heavy atom. The van der Waals surface area contributed by atoms with E-state index in [2.05, 4.69) is 27.3 Å². The van der Waals surface area contributed by atoms with E-state index < -0.39 is 10.0 Å². The van der Waals surface area contributed by atoms with Crippen LogP contribution < -0.4 is 10.0 Å². The SMILES string of the molecule is O=C(NC1CCCc2c1cnn2Cc1ccccc1)c1ccc(S(=O)(=O)NC2CC2)cc1. The van der Waals surface area contributed by atoms with E-state index in [4.69, 9.17) is 0 Å². The van der Waals surface area contributed by atoms with Crippen LogP contribution in [0.3, 0.4) is 0 Å². The molecule has 8 heteroatoms. The molecule has 0 saturated heterocycles. The van der Waals surface area contributed by atoms with Gasteiger partial charge in [-0.05, 0) is 61.9 Å². The van der Waals surface area contributed by atoms with Crippen LogP contribution in [0.25, 0.3) is 0 Å². The molecule has 5 rings (SSSR count). The number of carbonyl (C=O) groups is 1. The minimum absolute atomic E-state index is 0.0475. The van der Waals surface area contributed by atoms with Crippen molar-refractivity contribution in [3.8, 4) is 0 Å². The zero-order chi connectivity index (χ0) is 22.1. The van der Waals surface area contributed by atoms with E-state index in [1.807, 2.05) is 29.1 Å². The standard InChI is InChI=1S/C24H26N4O3S/c29-24(18-9-13-20(14-10-18)32(30,31)27-19-11-12-19)26-22-7-4-8-23-21(22)15-25-28(23)16-17-5-2-1-3-6-17/h1-3,5-6,9-10,13-15,19,22,27H,4,7-8,11-12,16H2,(H,26,29). The van der Waals surface area contributed by atoms with Gasteiger partial charge in [-0.2, -0.15) is 5.10 Å². The molecule has 1 heterocycles. The summed E-state index contributed by atoms with van der Waals surface area (Å²) in [7, 11) is -3.52. The van der Waals surface area contributed by atoms with Gasteiger partial charge in [-0.1, -0.05) is 30.3 Å². The van der Waals surface area contributed by atoms with E-state index >= 15 is 0 Å². The topological polar surface area (TPSA) is 93.1 Å². The lowest BCUT2D eigenvalue weighted by atomic mass is 9.92. The molecular formula is C24H26N4O3S. The van der Waals surface area contributed by atoms with E-state index in [0.29, 0.717) is 12.1 Å². The number of nitrogens with one attached hydrogen (secondary N) is 2. The van der Waals surface area contributed by atoms with Crippen molar-refractivity contribution < 1.29 is 13.2 Å². The van der Waals surface area contributed by atoms with Gasteiger partial charge in [-0.15, -0.1) is 0 Å². The molecule has 1 aromatic heterocycles. The second-order valence-electron chi connectivity index (χ2n) is 8.53. The summed E-state index contributed by atoms with van der Waals surface area (Å²) in [5, 5.41) is 7.69. The Labute approximate surface area is 187 Å². The summed E-state index contributed by atoms with van der Waals surface area (Å²) >= 11 is 0. The van der Waals surface area contributed by atoms with E-state index in [1.165, 1.54) is 17.7 Å². The fourth-order valence-corrected chi connectivity index (χ4v) is 5.48. The van der Waals surface area contributed by atoms with Crippen molar-refractivity contribution in [1.82, 2.24) is 19.8 Å². The van der Waals surface area contributed by atoms with E-state index in [-0.39, 0.29) is 22.9 Å². The van der Waals surface area contributed by atoms with Crippen LogP contribution in [0.4, 0.5) is 0 Å². The van der Waals surface area contributed by atoms with Crippen molar-refractivity contribution in [2.75, 3.05) is 0 Å². The molecule has 2 aliphatic carbocycles. The highest BCUT2D eigenvalue weighted by molar-refractivity contribution is 7.89. The number of hydrogen-bond acceptors (Lipinski definition) is 4. The van der Waals surface area contributed by atoms with Crippen LogP contribution in [0, 0.1) is 0 Å². The molecule has 7 nitrogen and oxygen atoms in total. The molecule has 1 saturated carbocycles. The molecule has 0 aliphatic heterocycles. The Hall–Kier alpha value is -2.97. The lowest BCUT2D eigenvalue weighted by Crippen LogP contribution is -2.31. The smallest absolute Gasteiger partial charge is 0.251 e. The minimum Gasteiger partial charge on any atom is -0.345 e. The molecule has 1 atom stereocenters. The first-order valence-electron chi connectivity index (χ1n) is 11.0. The first-order valence-corrected chi connectivity index (χ1v) is 12.5. The fourth-order valence-electron chi connectivity index (χ4n) is 4.18. The van der Waals surface area contributed by atoms with Crippen molar-refractivity contribution in [2.24, 2.45) is 0 Å². The molecule has 0 bridgehead atoms. The Kier molecular flexibility index (Phi) is 5.57. The number of fused-ring (bicyclic) bond motifs is 1. The summed E-state index contributed by atoms with van der Waals surface area (Å²) < 4.78 is 29.3. The van der Waals surface area contributed by atoms with Crippen molar-refractivity contribution in [3.05, 3.63) is 83.2 Å². The summed E-state index contributed by atoms with van der Waals surface area (Å²) in [6.45, 7) is 0.710. The van der Waals surface area contributed by atoms with Crippen molar-refractivity contribution >= 4 is 15.9 Å². The molecular weight excluding hydrogens is 424 g/mol. The van der Waals surface area contributed by atoms with Gasteiger partial charge in [0.1, 0.15) is 0 Å². The monoisotopic (exact) mass is 450 g/mol. The van der Waals surface area contributed by atoms with Gasteiger partial charge in [0.2, 0.25) is 10.0 Å². The number of sulfonamides is 1.